The van der Waals surface area contributed by atoms with Crippen LogP contribution in [0, 0.1) is 49.8 Å². The molecule has 3 fully saturated rings. The van der Waals surface area contributed by atoms with Crippen LogP contribution in [0.4, 0.5) is 22.7 Å². The lowest BCUT2D eigenvalue weighted by Crippen LogP contribution is -2.43. The van der Waals surface area contributed by atoms with Gasteiger partial charge in [0.15, 0.2) is 0 Å². The number of ether oxygens (including phenoxy) is 1. The summed E-state index contributed by atoms with van der Waals surface area (Å²) in [5.41, 5.74) is 0.949. The zero-order valence-electron chi connectivity index (χ0n) is 24.7. The van der Waals surface area contributed by atoms with E-state index >= 15 is 0 Å². The summed E-state index contributed by atoms with van der Waals surface area (Å²) in [5.74, 6) is -6.87. The van der Waals surface area contributed by atoms with Crippen LogP contribution >= 0.6 is 0 Å². The van der Waals surface area contributed by atoms with Crippen molar-refractivity contribution < 1.29 is 38.9 Å². The maximum Gasteiger partial charge on any atom is 0.269 e. The van der Waals surface area contributed by atoms with Crippen molar-refractivity contribution in [1.82, 2.24) is 0 Å². The molecule has 4 amide bonds. The number of benzene rings is 3. The molecule has 0 unspecified atom stereocenters. The van der Waals surface area contributed by atoms with Gasteiger partial charge in [0.05, 0.1) is 52.0 Å². The molecule has 1 saturated carbocycles. The predicted octanol–water partition coefficient (Wildman–Crippen LogP) is 4.26. The van der Waals surface area contributed by atoms with E-state index in [1.165, 1.54) is 61.7 Å². The van der Waals surface area contributed by atoms with Crippen molar-refractivity contribution >= 4 is 46.4 Å². The summed E-state index contributed by atoms with van der Waals surface area (Å²) in [6.45, 7) is 0. The Morgan fingerprint density at radius 1 is 0.723 bits per heavy atom. The lowest BCUT2D eigenvalue weighted by molar-refractivity contribution is -0.385. The fourth-order valence-electron chi connectivity index (χ4n) is 7.81. The Kier molecular flexibility index (Phi) is 6.88. The fraction of sp³-hybridized carbons (Fsp3) is 0.273. The fourth-order valence-corrected chi connectivity index (χ4v) is 7.81. The molecule has 14 heteroatoms. The van der Waals surface area contributed by atoms with Gasteiger partial charge in [0, 0.05) is 41.8 Å². The molecule has 0 bridgehead atoms. The number of phenols is 1. The minimum absolute atomic E-state index is 0.0757. The number of imide groups is 2. The molecule has 2 heterocycles. The molecule has 6 atom stereocenters. The van der Waals surface area contributed by atoms with E-state index in [4.69, 9.17) is 4.74 Å². The number of nitro groups is 2. The second kappa shape index (κ2) is 10.9. The van der Waals surface area contributed by atoms with Crippen molar-refractivity contribution in [2.75, 3.05) is 16.9 Å². The van der Waals surface area contributed by atoms with Gasteiger partial charge in [-0.15, -0.1) is 0 Å². The van der Waals surface area contributed by atoms with Crippen molar-refractivity contribution in [2.24, 2.45) is 29.6 Å². The van der Waals surface area contributed by atoms with Gasteiger partial charge in [-0.25, -0.2) is 0 Å². The summed E-state index contributed by atoms with van der Waals surface area (Å²) in [7, 11) is 1.44. The number of rotatable bonds is 6. The van der Waals surface area contributed by atoms with Crippen molar-refractivity contribution in [2.45, 2.75) is 18.8 Å². The van der Waals surface area contributed by atoms with Gasteiger partial charge in [-0.1, -0.05) is 17.7 Å². The largest absolute Gasteiger partial charge is 0.508 e. The Bertz CT molecular complexity index is 1920. The van der Waals surface area contributed by atoms with E-state index < -0.39 is 69.0 Å². The summed E-state index contributed by atoms with van der Waals surface area (Å²) in [6, 6.07) is 14.8. The number of carbonyl (C=O) groups excluding carboxylic acids is 4. The standard InChI is InChI=1S/C33H26N4O10/c1-47-20-10-11-22(26(38)14-20)27-21-12-13-23-28(32(41)34(30(23)39)16-2-6-18(7-3-16)36(43)44)24(21)15-25-29(27)33(42)35(31(25)40)17-4-8-19(9-5-17)37(45)46/h2-12,14,23-25,27-29,38H,13,15H2,1H3/t23-,24+,25+,27+,28-,29+/m0/s1. The molecule has 238 valence electrons. The molecule has 0 aromatic heterocycles. The van der Waals surface area contributed by atoms with E-state index in [1.807, 2.05) is 6.08 Å². The Morgan fingerprint density at radius 2 is 1.26 bits per heavy atom. The van der Waals surface area contributed by atoms with Crippen LogP contribution < -0.4 is 14.5 Å². The van der Waals surface area contributed by atoms with E-state index in [-0.39, 0.29) is 41.3 Å². The predicted molar refractivity (Wildman–Crippen MR) is 163 cm³/mol. The van der Waals surface area contributed by atoms with Crippen LogP contribution in [-0.2, 0) is 19.2 Å². The molecular formula is C33H26N4O10. The third-order valence-corrected chi connectivity index (χ3v) is 9.86. The topological polar surface area (TPSA) is 190 Å². The van der Waals surface area contributed by atoms with E-state index in [0.717, 1.165) is 9.80 Å². The maximum absolute atomic E-state index is 14.2. The first kappa shape index (κ1) is 29.8. The smallest absolute Gasteiger partial charge is 0.269 e. The molecule has 2 aliphatic carbocycles. The molecule has 2 saturated heterocycles. The zero-order chi connectivity index (χ0) is 33.3. The number of nitrogens with zero attached hydrogens (tertiary/aromatic N) is 4. The molecule has 2 aliphatic heterocycles. The second-order valence-corrected chi connectivity index (χ2v) is 12.0. The Balaban J connectivity index is 1.31. The molecular weight excluding hydrogens is 612 g/mol. The Labute approximate surface area is 266 Å². The number of anilines is 2. The van der Waals surface area contributed by atoms with Gasteiger partial charge in [0.25, 0.3) is 11.4 Å². The number of non-ortho nitro benzene ring substituents is 2. The second-order valence-electron chi connectivity index (χ2n) is 12.0. The number of allylic oxidation sites excluding steroid dienone is 2. The number of phenolic OH excluding ortho intramolecular Hbond substituents is 1. The van der Waals surface area contributed by atoms with Crippen LogP contribution in [0.15, 0.2) is 78.4 Å². The van der Waals surface area contributed by atoms with Gasteiger partial charge in [-0.05, 0) is 49.1 Å². The summed E-state index contributed by atoms with van der Waals surface area (Å²) in [5, 5.41) is 33.6. The number of carbonyl (C=O) groups is 4. The number of amides is 4. The first-order chi connectivity index (χ1) is 22.5. The molecule has 0 radical (unpaired) electrons. The summed E-state index contributed by atoms with van der Waals surface area (Å²) in [6.07, 6.45) is 2.07. The van der Waals surface area contributed by atoms with Crippen LogP contribution in [0.25, 0.3) is 0 Å². The van der Waals surface area contributed by atoms with Crippen molar-refractivity contribution in [3.63, 3.8) is 0 Å². The van der Waals surface area contributed by atoms with Crippen LogP contribution in [0.3, 0.4) is 0 Å². The van der Waals surface area contributed by atoms with Gasteiger partial charge in [0.1, 0.15) is 11.5 Å². The lowest BCUT2D eigenvalue weighted by atomic mass is 9.57. The van der Waals surface area contributed by atoms with Crippen LogP contribution in [0.2, 0.25) is 0 Å². The minimum atomic E-state index is -0.964. The monoisotopic (exact) mass is 638 g/mol. The van der Waals surface area contributed by atoms with Crippen molar-refractivity contribution in [3.05, 3.63) is 104 Å². The molecule has 3 aromatic carbocycles. The summed E-state index contributed by atoms with van der Waals surface area (Å²) in [4.78, 5) is 79.3. The number of fused-ring (bicyclic) bond motifs is 4. The van der Waals surface area contributed by atoms with E-state index in [1.54, 1.807) is 12.1 Å². The normalized spacial score (nSPS) is 26.4. The Morgan fingerprint density at radius 3 is 1.77 bits per heavy atom. The average Bonchev–Trinajstić information content (AvgIpc) is 3.47. The van der Waals surface area contributed by atoms with Crippen LogP contribution in [-0.4, -0.2) is 45.7 Å². The van der Waals surface area contributed by atoms with Crippen LogP contribution in [0.5, 0.6) is 11.5 Å². The average molecular weight is 639 g/mol. The number of hydrogen-bond acceptors (Lipinski definition) is 10. The highest BCUT2D eigenvalue weighted by Crippen LogP contribution is 2.59. The summed E-state index contributed by atoms with van der Waals surface area (Å²) < 4.78 is 5.25. The van der Waals surface area contributed by atoms with E-state index in [9.17, 15) is 44.5 Å². The first-order valence-corrected chi connectivity index (χ1v) is 14.8. The summed E-state index contributed by atoms with van der Waals surface area (Å²) >= 11 is 0. The van der Waals surface area contributed by atoms with Crippen molar-refractivity contribution in [1.29, 1.82) is 0 Å². The number of nitro benzene ring substituents is 2. The Hall–Kier alpha value is -5.92. The number of methoxy groups -OCH3 is 1. The molecule has 0 spiro atoms. The molecule has 3 aromatic rings. The molecule has 14 nitrogen and oxygen atoms in total. The van der Waals surface area contributed by atoms with E-state index in [2.05, 4.69) is 0 Å². The number of aromatic hydroxyl groups is 1. The minimum Gasteiger partial charge on any atom is -0.508 e. The molecule has 1 N–H and O–H groups in total. The third kappa shape index (κ3) is 4.47. The quantitative estimate of drug-likeness (QED) is 0.177. The SMILES string of the molecule is COc1ccc([C@H]2C3=CC[C@@H]4C(=O)N(c5ccc([N+](=O)[O-])cc5)C(=O)[C@@H]4[C@@H]3C[C@H]3C(=O)N(c4ccc([N+](=O)[O-])cc4)C(=O)[C@@H]23)c(O)c1. The molecule has 7 rings (SSSR count). The van der Waals surface area contributed by atoms with Gasteiger partial charge >= 0.3 is 0 Å². The third-order valence-electron chi connectivity index (χ3n) is 9.86. The van der Waals surface area contributed by atoms with Crippen LogP contribution in [0.1, 0.15) is 24.3 Å². The first-order valence-electron chi connectivity index (χ1n) is 14.8. The van der Waals surface area contributed by atoms with E-state index in [0.29, 0.717) is 16.9 Å². The molecule has 4 aliphatic rings. The van der Waals surface area contributed by atoms with Gasteiger partial charge < -0.3 is 9.84 Å². The van der Waals surface area contributed by atoms with Gasteiger partial charge in [0.2, 0.25) is 23.6 Å². The highest BCUT2D eigenvalue weighted by Gasteiger charge is 2.62. The van der Waals surface area contributed by atoms with Crippen molar-refractivity contribution in [3.8, 4) is 11.5 Å². The van der Waals surface area contributed by atoms with Gasteiger partial charge in [-0.3, -0.25) is 49.2 Å². The highest BCUT2D eigenvalue weighted by atomic mass is 16.6. The zero-order valence-corrected chi connectivity index (χ0v) is 24.7. The van der Waals surface area contributed by atoms with Gasteiger partial charge in [-0.2, -0.15) is 0 Å². The molecule has 47 heavy (non-hydrogen) atoms. The maximum atomic E-state index is 14.2. The number of hydrogen-bond donors (Lipinski definition) is 1. The lowest BCUT2D eigenvalue weighted by Gasteiger charge is -2.44. The highest BCUT2D eigenvalue weighted by molar-refractivity contribution is 6.24.